The smallest absolute Gasteiger partial charge is 0.274 e. The summed E-state index contributed by atoms with van der Waals surface area (Å²) in [5.41, 5.74) is 3.42. The second kappa shape index (κ2) is 7.01. The topological polar surface area (TPSA) is 45.7 Å². The number of hydrogen-bond donors (Lipinski definition) is 0. The van der Waals surface area contributed by atoms with E-state index in [2.05, 4.69) is 9.88 Å². The maximum absolute atomic E-state index is 13.0. The van der Waals surface area contributed by atoms with E-state index in [0.29, 0.717) is 11.7 Å². The van der Waals surface area contributed by atoms with Gasteiger partial charge >= 0.3 is 0 Å². The van der Waals surface area contributed by atoms with Gasteiger partial charge < -0.3 is 9.64 Å². The van der Waals surface area contributed by atoms with Crippen molar-refractivity contribution >= 4 is 17.2 Å². The van der Waals surface area contributed by atoms with Gasteiger partial charge in [-0.1, -0.05) is 30.3 Å². The lowest BCUT2D eigenvalue weighted by molar-refractivity contribution is 0.0185. The minimum atomic E-state index is 0.0610. The van der Waals surface area contributed by atoms with E-state index in [9.17, 15) is 4.79 Å². The third-order valence-corrected chi connectivity index (χ3v) is 5.69. The van der Waals surface area contributed by atoms with E-state index in [0.717, 1.165) is 56.3 Å². The monoisotopic (exact) mass is 343 g/mol. The molecule has 2 aromatic rings. The van der Waals surface area contributed by atoms with E-state index in [4.69, 9.17) is 4.74 Å². The van der Waals surface area contributed by atoms with Crippen molar-refractivity contribution in [1.29, 1.82) is 0 Å². The number of likely N-dealkylation sites (tertiary alicyclic amines) is 1. The Labute approximate surface area is 145 Å². The van der Waals surface area contributed by atoms with Gasteiger partial charge in [-0.15, -0.1) is 11.3 Å². The number of amides is 1. The Hall–Kier alpha value is -1.76. The maximum Gasteiger partial charge on any atom is 0.274 e. The second-order valence-electron chi connectivity index (χ2n) is 6.24. The predicted molar refractivity (Wildman–Crippen MR) is 94.3 cm³/mol. The van der Waals surface area contributed by atoms with E-state index >= 15 is 0 Å². The number of rotatable bonds is 3. The Bertz CT molecular complexity index is 697. The SMILES string of the molecule is O=C(c1ncsc1-c1ccccc1)N1CC[C@@H](N2CCOCC2)C1. The highest BCUT2D eigenvalue weighted by molar-refractivity contribution is 7.13. The van der Waals surface area contributed by atoms with Gasteiger partial charge in [0.25, 0.3) is 5.91 Å². The summed E-state index contributed by atoms with van der Waals surface area (Å²) in [5, 5.41) is 0. The molecule has 1 aromatic heterocycles. The highest BCUT2D eigenvalue weighted by atomic mass is 32.1. The van der Waals surface area contributed by atoms with Crippen LogP contribution >= 0.6 is 11.3 Å². The molecule has 0 unspecified atom stereocenters. The summed E-state index contributed by atoms with van der Waals surface area (Å²) in [4.78, 5) is 22.7. The zero-order chi connectivity index (χ0) is 16.4. The highest BCUT2D eigenvalue weighted by Gasteiger charge is 2.33. The van der Waals surface area contributed by atoms with Gasteiger partial charge in [0.15, 0.2) is 0 Å². The molecule has 4 rings (SSSR count). The third-order valence-electron chi connectivity index (χ3n) is 4.82. The molecule has 5 nitrogen and oxygen atoms in total. The molecule has 0 spiro atoms. The molecule has 2 aliphatic heterocycles. The summed E-state index contributed by atoms with van der Waals surface area (Å²) >= 11 is 1.53. The minimum Gasteiger partial charge on any atom is -0.379 e. The molecule has 0 bridgehead atoms. The number of benzene rings is 1. The van der Waals surface area contributed by atoms with Crippen LogP contribution in [-0.4, -0.2) is 66.1 Å². The van der Waals surface area contributed by atoms with Crippen LogP contribution in [-0.2, 0) is 4.74 Å². The largest absolute Gasteiger partial charge is 0.379 e. The molecule has 6 heteroatoms. The van der Waals surface area contributed by atoms with Crippen molar-refractivity contribution in [3.05, 3.63) is 41.5 Å². The van der Waals surface area contributed by atoms with Gasteiger partial charge in [0.2, 0.25) is 0 Å². The van der Waals surface area contributed by atoms with Crippen LogP contribution in [0, 0.1) is 0 Å². The fraction of sp³-hybridized carbons (Fsp3) is 0.444. The molecular weight excluding hydrogens is 322 g/mol. The van der Waals surface area contributed by atoms with E-state index in [1.165, 1.54) is 11.3 Å². The Morgan fingerprint density at radius 1 is 1.17 bits per heavy atom. The summed E-state index contributed by atoms with van der Waals surface area (Å²) in [6.45, 7) is 5.15. The van der Waals surface area contributed by atoms with Crippen molar-refractivity contribution in [2.24, 2.45) is 0 Å². The standard InChI is InChI=1S/C18H21N3O2S/c22-18(16-17(24-13-19-16)14-4-2-1-3-5-14)21-7-6-15(12-21)20-8-10-23-11-9-20/h1-5,13,15H,6-12H2/t15-/m1/s1. The average Bonchev–Trinajstić information content (AvgIpc) is 3.32. The van der Waals surface area contributed by atoms with Crippen LogP contribution in [0.1, 0.15) is 16.9 Å². The number of aromatic nitrogens is 1. The van der Waals surface area contributed by atoms with Crippen LogP contribution in [0.15, 0.2) is 35.8 Å². The molecule has 2 saturated heterocycles. The van der Waals surface area contributed by atoms with Crippen LogP contribution in [0.3, 0.4) is 0 Å². The lowest BCUT2D eigenvalue weighted by Gasteiger charge is -2.32. The van der Waals surface area contributed by atoms with Gasteiger partial charge in [-0.2, -0.15) is 0 Å². The summed E-state index contributed by atoms with van der Waals surface area (Å²) in [5.74, 6) is 0.0610. The van der Waals surface area contributed by atoms with E-state index in [1.807, 2.05) is 35.2 Å². The Morgan fingerprint density at radius 2 is 1.96 bits per heavy atom. The molecule has 0 N–H and O–H groups in total. The van der Waals surface area contributed by atoms with Crippen molar-refractivity contribution in [3.63, 3.8) is 0 Å². The molecule has 2 fully saturated rings. The fourth-order valence-electron chi connectivity index (χ4n) is 3.51. The van der Waals surface area contributed by atoms with Gasteiger partial charge in [0.1, 0.15) is 5.69 Å². The Kier molecular flexibility index (Phi) is 4.60. The maximum atomic E-state index is 13.0. The van der Waals surface area contributed by atoms with E-state index < -0.39 is 0 Å². The lowest BCUT2D eigenvalue weighted by Crippen LogP contribution is -2.45. The van der Waals surface area contributed by atoms with Gasteiger partial charge in [-0.05, 0) is 12.0 Å². The molecular formula is C18H21N3O2S. The summed E-state index contributed by atoms with van der Waals surface area (Å²) < 4.78 is 5.43. The Morgan fingerprint density at radius 3 is 2.75 bits per heavy atom. The number of morpholine rings is 1. The van der Waals surface area contributed by atoms with Crippen LogP contribution in [0.4, 0.5) is 0 Å². The molecule has 1 aromatic carbocycles. The zero-order valence-electron chi connectivity index (χ0n) is 13.6. The molecule has 0 radical (unpaired) electrons. The number of hydrogen-bond acceptors (Lipinski definition) is 5. The van der Waals surface area contributed by atoms with Crippen molar-refractivity contribution in [3.8, 4) is 10.4 Å². The van der Waals surface area contributed by atoms with Crippen molar-refractivity contribution in [1.82, 2.24) is 14.8 Å². The highest BCUT2D eigenvalue weighted by Crippen LogP contribution is 2.29. The van der Waals surface area contributed by atoms with Gasteiger partial charge in [-0.25, -0.2) is 4.98 Å². The molecule has 1 amide bonds. The normalized spacial score (nSPS) is 22.0. The number of carbonyl (C=O) groups is 1. The van der Waals surface area contributed by atoms with Gasteiger partial charge in [0.05, 0.1) is 23.6 Å². The van der Waals surface area contributed by atoms with E-state index in [1.54, 1.807) is 5.51 Å². The second-order valence-corrected chi connectivity index (χ2v) is 7.09. The first-order valence-corrected chi connectivity index (χ1v) is 9.31. The van der Waals surface area contributed by atoms with Crippen molar-refractivity contribution < 1.29 is 9.53 Å². The lowest BCUT2D eigenvalue weighted by atomic mass is 10.1. The minimum absolute atomic E-state index is 0.0610. The Balaban J connectivity index is 1.48. The van der Waals surface area contributed by atoms with Crippen LogP contribution in [0.25, 0.3) is 10.4 Å². The summed E-state index contributed by atoms with van der Waals surface area (Å²) in [6, 6.07) is 10.5. The number of ether oxygens (including phenoxy) is 1. The molecule has 3 heterocycles. The number of nitrogens with zero attached hydrogens (tertiary/aromatic N) is 3. The average molecular weight is 343 g/mol. The molecule has 0 saturated carbocycles. The predicted octanol–water partition coefficient (Wildman–Crippen LogP) is 2.36. The van der Waals surface area contributed by atoms with E-state index in [-0.39, 0.29) is 5.91 Å². The number of carbonyl (C=O) groups excluding carboxylic acids is 1. The first-order valence-electron chi connectivity index (χ1n) is 8.43. The van der Waals surface area contributed by atoms with Gasteiger partial charge in [-0.3, -0.25) is 9.69 Å². The molecule has 1 atom stereocenters. The van der Waals surface area contributed by atoms with Crippen molar-refractivity contribution in [2.45, 2.75) is 12.5 Å². The summed E-state index contributed by atoms with van der Waals surface area (Å²) in [7, 11) is 0. The molecule has 0 aliphatic carbocycles. The van der Waals surface area contributed by atoms with Gasteiger partial charge in [0, 0.05) is 32.2 Å². The van der Waals surface area contributed by atoms with Crippen molar-refractivity contribution in [2.75, 3.05) is 39.4 Å². The molecule has 2 aliphatic rings. The van der Waals surface area contributed by atoms with Crippen LogP contribution < -0.4 is 0 Å². The molecule has 126 valence electrons. The molecule has 24 heavy (non-hydrogen) atoms. The van der Waals surface area contributed by atoms with Crippen LogP contribution in [0.2, 0.25) is 0 Å². The van der Waals surface area contributed by atoms with Crippen LogP contribution in [0.5, 0.6) is 0 Å². The first-order chi connectivity index (χ1) is 11.8. The third kappa shape index (κ3) is 3.09. The first kappa shape index (κ1) is 15.7. The number of thiazole rings is 1. The fourth-order valence-corrected chi connectivity index (χ4v) is 4.30. The summed E-state index contributed by atoms with van der Waals surface area (Å²) in [6.07, 6.45) is 1.04. The quantitative estimate of drug-likeness (QED) is 0.858. The zero-order valence-corrected chi connectivity index (χ0v) is 14.4.